The van der Waals surface area contributed by atoms with Gasteiger partial charge in [-0.2, -0.15) is 13.2 Å². The van der Waals surface area contributed by atoms with Crippen molar-refractivity contribution in [3.63, 3.8) is 0 Å². The Kier molecular flexibility index (Phi) is 5.37. The van der Waals surface area contributed by atoms with E-state index in [0.29, 0.717) is 22.4 Å². The second kappa shape index (κ2) is 6.86. The normalized spacial score (nSPS) is 19.3. The molecule has 1 aromatic carbocycles. The maximum absolute atomic E-state index is 13.0. The highest BCUT2D eigenvalue weighted by Gasteiger charge is 2.52. The smallest absolute Gasteiger partial charge is 0.466 e. The molecular formula is C17H19ClF3NO3. The lowest BCUT2D eigenvalue weighted by Crippen LogP contribution is -2.60. The van der Waals surface area contributed by atoms with Gasteiger partial charge in [-0.25, -0.2) is 0 Å². The number of hydrogen-bond donors (Lipinski definition) is 0. The lowest BCUT2D eigenvalue weighted by atomic mass is 9.85. The van der Waals surface area contributed by atoms with E-state index in [1.807, 2.05) is 0 Å². The van der Waals surface area contributed by atoms with Crippen LogP contribution >= 0.6 is 11.6 Å². The molecule has 0 fully saturated rings. The van der Waals surface area contributed by atoms with Crippen LogP contribution in [0.5, 0.6) is 0 Å². The fourth-order valence-electron chi connectivity index (χ4n) is 2.90. The molecule has 0 spiro atoms. The average Bonchev–Trinajstić information content (AvgIpc) is 2.47. The molecule has 0 saturated heterocycles. The maximum Gasteiger partial charge on any atom is 0.471 e. The number of halogens is 4. The van der Waals surface area contributed by atoms with Gasteiger partial charge in [-0.05, 0) is 44.4 Å². The van der Waals surface area contributed by atoms with Crippen LogP contribution in [0.4, 0.5) is 18.9 Å². The molecule has 8 heteroatoms. The summed E-state index contributed by atoms with van der Waals surface area (Å²) < 4.78 is 44.0. The molecule has 2 rings (SSSR count). The third kappa shape index (κ3) is 3.92. The van der Waals surface area contributed by atoms with E-state index >= 15 is 0 Å². The Morgan fingerprint density at radius 2 is 2.00 bits per heavy atom. The molecule has 1 unspecified atom stereocenters. The molecule has 1 aliphatic rings. The summed E-state index contributed by atoms with van der Waals surface area (Å²) >= 11 is 6.28. The van der Waals surface area contributed by atoms with Crippen molar-refractivity contribution in [3.05, 3.63) is 29.3 Å². The van der Waals surface area contributed by atoms with E-state index in [1.165, 1.54) is 26.0 Å². The molecular weight excluding hydrogens is 359 g/mol. The molecule has 25 heavy (non-hydrogen) atoms. The number of carbonyl (C=O) groups excluding carboxylic acids is 2. The summed E-state index contributed by atoms with van der Waals surface area (Å²) in [6.07, 6.45) is -4.71. The molecule has 0 aromatic heterocycles. The monoisotopic (exact) mass is 377 g/mol. The maximum atomic E-state index is 13.0. The van der Waals surface area contributed by atoms with E-state index < -0.39 is 29.0 Å². The van der Waals surface area contributed by atoms with Gasteiger partial charge in [0.1, 0.15) is 0 Å². The average molecular weight is 378 g/mol. The van der Waals surface area contributed by atoms with Gasteiger partial charge >= 0.3 is 18.1 Å². The second-order valence-corrected chi connectivity index (χ2v) is 6.94. The van der Waals surface area contributed by atoms with Gasteiger partial charge in [-0.1, -0.05) is 12.1 Å². The number of benzene rings is 1. The summed E-state index contributed by atoms with van der Waals surface area (Å²) in [5, 5.41) is -0.704. The van der Waals surface area contributed by atoms with Crippen molar-refractivity contribution >= 4 is 29.2 Å². The van der Waals surface area contributed by atoms with Crippen LogP contribution in [0.2, 0.25) is 0 Å². The zero-order chi connectivity index (χ0) is 19.0. The summed E-state index contributed by atoms with van der Waals surface area (Å²) in [6.45, 7) is 4.94. The lowest BCUT2D eigenvalue weighted by molar-refractivity contribution is -0.171. The summed E-state index contributed by atoms with van der Waals surface area (Å²) in [4.78, 5) is 24.3. The van der Waals surface area contributed by atoms with E-state index in [4.69, 9.17) is 16.3 Å². The predicted molar refractivity (Wildman–Crippen MR) is 87.7 cm³/mol. The van der Waals surface area contributed by atoms with Crippen LogP contribution in [0.25, 0.3) is 0 Å². The van der Waals surface area contributed by atoms with Crippen molar-refractivity contribution in [1.82, 2.24) is 0 Å². The number of fused-ring (bicyclic) bond motifs is 1. The Labute approximate surface area is 148 Å². The molecule has 1 atom stereocenters. The molecule has 0 N–H and O–H groups in total. The Balaban J connectivity index is 2.44. The van der Waals surface area contributed by atoms with Gasteiger partial charge in [-0.3, -0.25) is 14.5 Å². The third-order valence-corrected chi connectivity index (χ3v) is 4.91. The van der Waals surface area contributed by atoms with Crippen molar-refractivity contribution in [2.45, 2.75) is 50.7 Å². The van der Waals surface area contributed by atoms with Gasteiger partial charge in [0, 0.05) is 5.69 Å². The van der Waals surface area contributed by atoms with E-state index in [0.717, 1.165) is 0 Å². The fourth-order valence-corrected chi connectivity index (χ4v) is 3.16. The van der Waals surface area contributed by atoms with Crippen molar-refractivity contribution in [2.24, 2.45) is 0 Å². The van der Waals surface area contributed by atoms with E-state index in [1.54, 1.807) is 13.0 Å². The van der Waals surface area contributed by atoms with E-state index in [-0.39, 0.29) is 18.7 Å². The van der Waals surface area contributed by atoms with Gasteiger partial charge in [0.2, 0.25) is 0 Å². The van der Waals surface area contributed by atoms with Crippen LogP contribution in [0.15, 0.2) is 18.2 Å². The van der Waals surface area contributed by atoms with Crippen LogP contribution in [-0.4, -0.2) is 35.6 Å². The van der Waals surface area contributed by atoms with Crippen LogP contribution in [0.1, 0.15) is 31.9 Å². The molecule has 138 valence electrons. The van der Waals surface area contributed by atoms with Crippen LogP contribution in [0, 0.1) is 0 Å². The van der Waals surface area contributed by atoms with Gasteiger partial charge in [0.05, 0.1) is 23.9 Å². The number of amides is 1. The number of ether oxygens (including phenoxy) is 1. The number of esters is 1. The molecule has 1 heterocycles. The minimum absolute atomic E-state index is 0.00465. The number of anilines is 1. The summed E-state index contributed by atoms with van der Waals surface area (Å²) in [7, 11) is 0. The lowest BCUT2D eigenvalue weighted by Gasteiger charge is -2.46. The molecule has 4 nitrogen and oxygen atoms in total. The highest BCUT2D eigenvalue weighted by atomic mass is 35.5. The standard InChI is InChI=1S/C17H19ClF3NO3/c1-4-25-14(23)8-10-5-6-12-11(7-10)9-13(18)16(2,3)22(12)15(24)17(19,20)21/h5-7,13H,4,8-9H2,1-3H3. The highest BCUT2D eigenvalue weighted by Crippen LogP contribution is 2.42. The topological polar surface area (TPSA) is 46.6 Å². The zero-order valence-electron chi connectivity index (χ0n) is 14.1. The fraction of sp³-hybridized carbons (Fsp3) is 0.529. The first-order chi connectivity index (χ1) is 11.5. The van der Waals surface area contributed by atoms with Crippen molar-refractivity contribution in [3.8, 4) is 0 Å². The first-order valence-electron chi connectivity index (χ1n) is 7.81. The molecule has 1 aromatic rings. The highest BCUT2D eigenvalue weighted by molar-refractivity contribution is 6.23. The van der Waals surface area contributed by atoms with Gasteiger partial charge < -0.3 is 4.74 Å². The Bertz CT molecular complexity index is 688. The summed E-state index contributed by atoms with van der Waals surface area (Å²) in [5.74, 6) is -2.38. The SMILES string of the molecule is CCOC(=O)Cc1ccc2c(c1)CC(Cl)C(C)(C)N2C(=O)C(F)(F)F. The summed E-state index contributed by atoms with van der Waals surface area (Å²) in [6, 6.07) is 4.56. The minimum Gasteiger partial charge on any atom is -0.466 e. The Hall–Kier alpha value is -1.76. The number of nitrogens with zero attached hydrogens (tertiary/aromatic N) is 1. The van der Waals surface area contributed by atoms with Crippen molar-refractivity contribution < 1.29 is 27.5 Å². The first kappa shape index (κ1) is 19.6. The Morgan fingerprint density at radius 3 is 2.56 bits per heavy atom. The van der Waals surface area contributed by atoms with Crippen LogP contribution in [-0.2, 0) is 27.2 Å². The van der Waals surface area contributed by atoms with Crippen molar-refractivity contribution in [2.75, 3.05) is 11.5 Å². The number of carbonyl (C=O) groups is 2. The second-order valence-electron chi connectivity index (χ2n) is 6.41. The molecule has 1 aliphatic heterocycles. The quantitative estimate of drug-likeness (QED) is 0.597. The number of rotatable bonds is 3. The zero-order valence-corrected chi connectivity index (χ0v) is 14.9. The molecule has 1 amide bonds. The van der Waals surface area contributed by atoms with Gasteiger partial charge in [-0.15, -0.1) is 11.6 Å². The van der Waals surface area contributed by atoms with Crippen molar-refractivity contribution in [1.29, 1.82) is 0 Å². The van der Waals surface area contributed by atoms with Gasteiger partial charge in [0.15, 0.2) is 0 Å². The first-order valence-corrected chi connectivity index (χ1v) is 8.25. The molecule has 0 aliphatic carbocycles. The third-order valence-electron chi connectivity index (χ3n) is 4.23. The van der Waals surface area contributed by atoms with E-state index in [9.17, 15) is 22.8 Å². The minimum atomic E-state index is -5.01. The van der Waals surface area contributed by atoms with Gasteiger partial charge in [0.25, 0.3) is 0 Å². The number of hydrogen-bond acceptors (Lipinski definition) is 3. The predicted octanol–water partition coefficient (Wildman–Crippen LogP) is 3.63. The molecule has 0 saturated carbocycles. The van der Waals surface area contributed by atoms with Crippen LogP contribution < -0.4 is 4.90 Å². The van der Waals surface area contributed by atoms with E-state index in [2.05, 4.69) is 0 Å². The Morgan fingerprint density at radius 1 is 1.36 bits per heavy atom. The molecule has 0 radical (unpaired) electrons. The molecule has 0 bridgehead atoms. The number of alkyl halides is 4. The largest absolute Gasteiger partial charge is 0.471 e. The summed E-state index contributed by atoms with van der Waals surface area (Å²) in [5.41, 5.74) is 0.0554. The van der Waals surface area contributed by atoms with Crippen LogP contribution in [0.3, 0.4) is 0 Å².